The Kier molecular flexibility index (Phi) is 8.00. The van der Waals surface area contributed by atoms with Gasteiger partial charge in [-0.05, 0) is 66.1 Å². The second kappa shape index (κ2) is 11.2. The van der Waals surface area contributed by atoms with E-state index >= 15 is 0 Å². The van der Waals surface area contributed by atoms with Gasteiger partial charge in [0, 0.05) is 38.4 Å². The van der Waals surface area contributed by atoms with Gasteiger partial charge in [-0.1, -0.05) is 24.3 Å². The van der Waals surface area contributed by atoms with Gasteiger partial charge in [0.05, 0.1) is 4.90 Å². The lowest BCUT2D eigenvalue weighted by atomic mass is 10.0. The quantitative estimate of drug-likeness (QED) is 0.485. The minimum Gasteiger partial charge on any atom is -0.491 e. The number of piperazine rings is 1. The van der Waals surface area contributed by atoms with Crippen molar-refractivity contribution in [2.24, 2.45) is 5.14 Å². The molecule has 186 valence electrons. The van der Waals surface area contributed by atoms with Crippen molar-refractivity contribution in [3.63, 3.8) is 0 Å². The molecule has 1 fully saturated rings. The van der Waals surface area contributed by atoms with Crippen LogP contribution >= 0.6 is 0 Å². The third-order valence-corrected chi connectivity index (χ3v) is 6.96. The van der Waals surface area contributed by atoms with E-state index in [0.29, 0.717) is 5.75 Å². The highest BCUT2D eigenvalue weighted by atomic mass is 32.2. The number of anilines is 1. The van der Waals surface area contributed by atoms with E-state index in [1.807, 2.05) is 0 Å². The number of hydrogen-bond donors (Lipinski definition) is 1. The Labute approximate surface area is 205 Å². The molecule has 3 aromatic carbocycles. The molecule has 1 unspecified atom stereocenters. The molecule has 1 saturated heterocycles. The molecule has 0 aromatic heterocycles. The minimum atomic E-state index is -3.76. The van der Waals surface area contributed by atoms with Crippen LogP contribution in [0.15, 0.2) is 77.7 Å². The molecule has 0 amide bonds. The van der Waals surface area contributed by atoms with Crippen LogP contribution in [0.1, 0.15) is 11.1 Å². The Bertz CT molecular complexity index is 1200. The Hall–Kier alpha value is -3.01. The van der Waals surface area contributed by atoms with E-state index in [4.69, 9.17) is 9.88 Å². The number of sulfonamides is 1. The second-order valence-electron chi connectivity index (χ2n) is 8.68. The summed E-state index contributed by atoms with van der Waals surface area (Å²) in [5.41, 5.74) is 3.37. The topological polar surface area (TPSA) is 75.9 Å². The maximum absolute atomic E-state index is 14.5. The number of hydrogen-bond acceptors (Lipinski definition) is 5. The molecule has 0 aliphatic carbocycles. The van der Waals surface area contributed by atoms with Crippen LogP contribution in [0, 0.1) is 5.82 Å². The molecule has 1 aliphatic heterocycles. The highest BCUT2D eigenvalue weighted by molar-refractivity contribution is 7.89. The van der Waals surface area contributed by atoms with Crippen LogP contribution in [0.2, 0.25) is 0 Å². The molecule has 0 radical (unpaired) electrons. The summed E-state index contributed by atoms with van der Waals surface area (Å²) in [6, 6.07) is 20.6. The average molecular weight is 502 g/mol. The SMILES string of the molecule is NS(=O)(=O)c1ccc(OCC(F)CN2CCN(c3ccc(Cc4ccc(F)cc4)cc3)CC2)cc1. The summed E-state index contributed by atoms with van der Waals surface area (Å²) in [5.74, 6) is 0.166. The first-order valence-electron chi connectivity index (χ1n) is 11.5. The molecule has 1 heterocycles. The first kappa shape index (κ1) is 25.1. The van der Waals surface area contributed by atoms with Crippen LogP contribution < -0.4 is 14.8 Å². The third kappa shape index (κ3) is 7.24. The number of rotatable bonds is 9. The molecule has 9 heteroatoms. The number of ether oxygens (including phenoxy) is 1. The molecule has 1 atom stereocenters. The van der Waals surface area contributed by atoms with Crippen LogP contribution in [0.25, 0.3) is 0 Å². The lowest BCUT2D eigenvalue weighted by molar-refractivity contribution is 0.133. The lowest BCUT2D eigenvalue weighted by Crippen LogP contribution is -2.48. The monoisotopic (exact) mass is 501 g/mol. The summed E-state index contributed by atoms with van der Waals surface area (Å²) in [6.07, 6.45) is -0.407. The normalized spacial score (nSPS) is 15.7. The van der Waals surface area contributed by atoms with Crippen molar-refractivity contribution in [3.05, 3.63) is 89.7 Å². The van der Waals surface area contributed by atoms with E-state index in [9.17, 15) is 17.2 Å². The molecule has 0 spiro atoms. The molecular formula is C26H29F2N3O3S. The number of benzene rings is 3. The van der Waals surface area contributed by atoms with E-state index in [2.05, 4.69) is 34.1 Å². The lowest BCUT2D eigenvalue weighted by Gasteiger charge is -2.36. The van der Waals surface area contributed by atoms with Crippen molar-refractivity contribution in [3.8, 4) is 5.75 Å². The van der Waals surface area contributed by atoms with Gasteiger partial charge < -0.3 is 9.64 Å². The summed E-state index contributed by atoms with van der Waals surface area (Å²) >= 11 is 0. The van der Waals surface area contributed by atoms with E-state index in [1.165, 1.54) is 42.0 Å². The first-order chi connectivity index (χ1) is 16.8. The number of nitrogens with zero attached hydrogens (tertiary/aromatic N) is 2. The largest absolute Gasteiger partial charge is 0.491 e. The number of halogens is 2. The zero-order valence-corrected chi connectivity index (χ0v) is 20.1. The minimum absolute atomic E-state index is 0.0120. The van der Waals surface area contributed by atoms with Crippen LogP contribution in [0.4, 0.5) is 14.5 Å². The molecule has 4 rings (SSSR count). The van der Waals surface area contributed by atoms with Crippen LogP contribution in [-0.4, -0.2) is 58.8 Å². The summed E-state index contributed by atoms with van der Waals surface area (Å²) in [6.45, 7) is 3.28. The van der Waals surface area contributed by atoms with E-state index in [-0.39, 0.29) is 23.9 Å². The van der Waals surface area contributed by atoms with E-state index < -0.39 is 16.2 Å². The Morgan fingerprint density at radius 1 is 0.857 bits per heavy atom. The maximum Gasteiger partial charge on any atom is 0.238 e. The predicted molar refractivity (Wildman–Crippen MR) is 133 cm³/mol. The van der Waals surface area contributed by atoms with Gasteiger partial charge in [0.25, 0.3) is 0 Å². The van der Waals surface area contributed by atoms with E-state index in [1.54, 1.807) is 12.1 Å². The Balaban J connectivity index is 1.20. The third-order valence-electron chi connectivity index (χ3n) is 6.03. The molecule has 0 saturated carbocycles. The standard InChI is InChI=1S/C26H29F2N3O3S/c27-22-5-1-20(2-6-22)17-21-3-7-24(8-4-21)31-15-13-30(14-16-31)18-23(28)19-34-25-9-11-26(12-10-25)35(29,32)33/h1-12,23H,13-19H2,(H2,29,32,33). The predicted octanol–water partition coefficient (Wildman–Crippen LogP) is 3.60. The van der Waals surface area contributed by atoms with Gasteiger partial charge in [-0.2, -0.15) is 0 Å². The van der Waals surface area contributed by atoms with E-state index in [0.717, 1.165) is 43.9 Å². The van der Waals surface area contributed by atoms with Crippen LogP contribution in [-0.2, 0) is 16.4 Å². The first-order valence-corrected chi connectivity index (χ1v) is 13.0. The van der Waals surface area contributed by atoms with Gasteiger partial charge in [0.15, 0.2) is 0 Å². The average Bonchev–Trinajstić information content (AvgIpc) is 2.85. The Morgan fingerprint density at radius 3 is 2.00 bits per heavy atom. The van der Waals surface area contributed by atoms with Gasteiger partial charge in [-0.25, -0.2) is 22.3 Å². The Morgan fingerprint density at radius 2 is 1.43 bits per heavy atom. The zero-order chi connectivity index (χ0) is 24.8. The molecule has 6 nitrogen and oxygen atoms in total. The molecule has 35 heavy (non-hydrogen) atoms. The van der Waals surface area contributed by atoms with Gasteiger partial charge in [0.1, 0.15) is 24.3 Å². The van der Waals surface area contributed by atoms with Crippen molar-refractivity contribution >= 4 is 15.7 Å². The summed E-state index contributed by atoms with van der Waals surface area (Å²) in [4.78, 5) is 4.36. The highest BCUT2D eigenvalue weighted by Gasteiger charge is 2.21. The summed E-state index contributed by atoms with van der Waals surface area (Å²) in [7, 11) is -3.76. The van der Waals surface area contributed by atoms with Gasteiger partial charge in [-0.15, -0.1) is 0 Å². The zero-order valence-electron chi connectivity index (χ0n) is 19.3. The van der Waals surface area contributed by atoms with Crippen molar-refractivity contribution in [2.75, 3.05) is 44.2 Å². The molecule has 3 aromatic rings. The highest BCUT2D eigenvalue weighted by Crippen LogP contribution is 2.20. The van der Waals surface area contributed by atoms with Gasteiger partial charge in [-0.3, -0.25) is 4.90 Å². The molecule has 1 aliphatic rings. The number of alkyl halides is 1. The fourth-order valence-corrected chi connectivity index (χ4v) is 4.61. The fourth-order valence-electron chi connectivity index (χ4n) is 4.10. The summed E-state index contributed by atoms with van der Waals surface area (Å²) in [5, 5.41) is 5.07. The summed E-state index contributed by atoms with van der Waals surface area (Å²) < 4.78 is 55.6. The van der Waals surface area contributed by atoms with Gasteiger partial charge in [0.2, 0.25) is 10.0 Å². The fraction of sp³-hybridized carbons (Fsp3) is 0.308. The second-order valence-corrected chi connectivity index (χ2v) is 10.2. The smallest absolute Gasteiger partial charge is 0.238 e. The molecular weight excluding hydrogens is 472 g/mol. The van der Waals surface area contributed by atoms with Crippen molar-refractivity contribution in [1.82, 2.24) is 4.90 Å². The van der Waals surface area contributed by atoms with Crippen molar-refractivity contribution in [2.45, 2.75) is 17.5 Å². The van der Waals surface area contributed by atoms with Gasteiger partial charge >= 0.3 is 0 Å². The van der Waals surface area contributed by atoms with Crippen molar-refractivity contribution in [1.29, 1.82) is 0 Å². The van der Waals surface area contributed by atoms with Crippen molar-refractivity contribution < 1.29 is 21.9 Å². The van der Waals surface area contributed by atoms with Crippen LogP contribution in [0.5, 0.6) is 5.75 Å². The number of primary sulfonamides is 1. The molecule has 2 N–H and O–H groups in total. The molecule has 0 bridgehead atoms. The number of nitrogens with two attached hydrogens (primary N) is 1. The van der Waals surface area contributed by atoms with Crippen LogP contribution in [0.3, 0.4) is 0 Å². The maximum atomic E-state index is 14.5.